The topological polar surface area (TPSA) is 54.2 Å². The molecule has 0 aliphatic carbocycles. The van der Waals surface area contributed by atoms with Crippen LogP contribution in [0, 0.1) is 6.92 Å². The van der Waals surface area contributed by atoms with Gasteiger partial charge in [0.2, 0.25) is 0 Å². The third-order valence-corrected chi connectivity index (χ3v) is 4.35. The fourth-order valence-electron chi connectivity index (χ4n) is 2.28. The molecule has 0 amide bonds. The summed E-state index contributed by atoms with van der Waals surface area (Å²) in [6, 6.07) is 8.50. The predicted octanol–water partition coefficient (Wildman–Crippen LogP) is 2.67. The standard InChI is InChI=1S/C17H25N5S/c1-14-6-7-15(16(12-14)23-3)13-20-17(18-2)19-8-4-10-22-11-5-9-21-22/h5-7,9,11-12H,4,8,10,13H2,1-3H3,(H2,18,19,20). The van der Waals surface area contributed by atoms with E-state index in [0.717, 1.165) is 32.0 Å². The van der Waals surface area contributed by atoms with Gasteiger partial charge in [-0.2, -0.15) is 5.10 Å². The molecule has 2 aromatic rings. The van der Waals surface area contributed by atoms with Gasteiger partial charge >= 0.3 is 0 Å². The zero-order chi connectivity index (χ0) is 16.5. The van der Waals surface area contributed by atoms with Crippen LogP contribution in [-0.2, 0) is 13.1 Å². The van der Waals surface area contributed by atoms with E-state index < -0.39 is 0 Å². The van der Waals surface area contributed by atoms with Gasteiger partial charge in [-0.25, -0.2) is 0 Å². The van der Waals surface area contributed by atoms with Crippen molar-refractivity contribution in [2.45, 2.75) is 31.3 Å². The highest BCUT2D eigenvalue weighted by atomic mass is 32.2. The van der Waals surface area contributed by atoms with Gasteiger partial charge in [0.05, 0.1) is 0 Å². The van der Waals surface area contributed by atoms with Gasteiger partial charge in [-0.1, -0.05) is 12.1 Å². The molecule has 0 atom stereocenters. The predicted molar refractivity (Wildman–Crippen MR) is 98.0 cm³/mol. The van der Waals surface area contributed by atoms with Crippen LogP contribution in [-0.4, -0.2) is 35.6 Å². The number of hydrogen-bond donors (Lipinski definition) is 2. The van der Waals surface area contributed by atoms with Crippen LogP contribution in [0.25, 0.3) is 0 Å². The summed E-state index contributed by atoms with van der Waals surface area (Å²) in [5.41, 5.74) is 2.59. The lowest BCUT2D eigenvalue weighted by Crippen LogP contribution is -2.37. The second-order valence-corrected chi connectivity index (χ2v) is 6.14. The van der Waals surface area contributed by atoms with Crippen LogP contribution in [0.4, 0.5) is 0 Å². The SMILES string of the molecule is CN=C(NCCCn1cccn1)NCc1ccc(C)cc1SC. The number of aryl methyl sites for hydroxylation is 2. The molecule has 2 N–H and O–H groups in total. The van der Waals surface area contributed by atoms with E-state index in [1.807, 2.05) is 16.9 Å². The molecule has 1 aromatic carbocycles. The number of aromatic nitrogens is 2. The summed E-state index contributed by atoms with van der Waals surface area (Å²) >= 11 is 1.78. The number of benzene rings is 1. The van der Waals surface area contributed by atoms with Gasteiger partial charge in [0.25, 0.3) is 0 Å². The number of hydrogen-bond acceptors (Lipinski definition) is 3. The van der Waals surface area contributed by atoms with Crippen LogP contribution in [0.5, 0.6) is 0 Å². The van der Waals surface area contributed by atoms with Crippen LogP contribution in [0.15, 0.2) is 46.5 Å². The van der Waals surface area contributed by atoms with Gasteiger partial charge in [-0.05, 0) is 42.9 Å². The van der Waals surface area contributed by atoms with Crippen LogP contribution in [0.1, 0.15) is 17.5 Å². The number of thioether (sulfide) groups is 1. The second kappa shape index (κ2) is 9.25. The molecule has 1 heterocycles. The molecule has 0 fully saturated rings. The lowest BCUT2D eigenvalue weighted by atomic mass is 10.1. The Morgan fingerprint density at radius 3 is 2.91 bits per heavy atom. The first-order chi connectivity index (χ1) is 11.2. The maximum absolute atomic E-state index is 4.28. The third-order valence-electron chi connectivity index (χ3n) is 3.53. The minimum atomic E-state index is 0.773. The lowest BCUT2D eigenvalue weighted by molar-refractivity contribution is 0.570. The average Bonchev–Trinajstić information content (AvgIpc) is 3.08. The van der Waals surface area contributed by atoms with Crippen molar-refractivity contribution in [3.63, 3.8) is 0 Å². The molecule has 2 rings (SSSR count). The molecule has 0 radical (unpaired) electrons. The Morgan fingerprint density at radius 1 is 1.35 bits per heavy atom. The molecule has 1 aromatic heterocycles. The monoisotopic (exact) mass is 331 g/mol. The minimum absolute atomic E-state index is 0.773. The zero-order valence-corrected chi connectivity index (χ0v) is 14.9. The van der Waals surface area contributed by atoms with Gasteiger partial charge in [0.1, 0.15) is 0 Å². The first-order valence-corrected chi connectivity index (χ1v) is 9.01. The minimum Gasteiger partial charge on any atom is -0.356 e. The smallest absolute Gasteiger partial charge is 0.191 e. The van der Waals surface area contributed by atoms with Crippen molar-refractivity contribution in [3.05, 3.63) is 47.8 Å². The Bertz CT molecular complexity index is 622. The fourth-order valence-corrected chi connectivity index (χ4v) is 2.98. The average molecular weight is 331 g/mol. The van der Waals surface area contributed by atoms with E-state index >= 15 is 0 Å². The highest BCUT2D eigenvalue weighted by Gasteiger charge is 2.03. The van der Waals surface area contributed by atoms with Crippen molar-refractivity contribution in [1.29, 1.82) is 0 Å². The molecule has 0 saturated heterocycles. The Kier molecular flexibility index (Phi) is 7.00. The van der Waals surface area contributed by atoms with Crippen molar-refractivity contribution in [3.8, 4) is 0 Å². The van der Waals surface area contributed by atoms with Crippen molar-refractivity contribution < 1.29 is 0 Å². The molecular formula is C17H25N5S. The summed E-state index contributed by atoms with van der Waals surface area (Å²) in [5.74, 6) is 0.832. The molecule has 0 aliphatic heterocycles. The largest absolute Gasteiger partial charge is 0.356 e. The zero-order valence-electron chi connectivity index (χ0n) is 14.0. The van der Waals surface area contributed by atoms with E-state index in [-0.39, 0.29) is 0 Å². The van der Waals surface area contributed by atoms with E-state index in [1.54, 1.807) is 25.0 Å². The summed E-state index contributed by atoms with van der Waals surface area (Å²) in [6.07, 6.45) is 6.90. The summed E-state index contributed by atoms with van der Waals surface area (Å²) in [6.45, 7) is 4.67. The van der Waals surface area contributed by atoms with E-state index in [1.165, 1.54) is 16.0 Å². The summed E-state index contributed by atoms with van der Waals surface area (Å²) in [5, 5.41) is 10.9. The van der Waals surface area contributed by atoms with Crippen molar-refractivity contribution in [2.24, 2.45) is 4.99 Å². The first kappa shape index (κ1) is 17.4. The van der Waals surface area contributed by atoms with Gasteiger partial charge in [0, 0.05) is 44.0 Å². The Morgan fingerprint density at radius 2 is 2.22 bits per heavy atom. The number of aliphatic imine (C=N–C) groups is 1. The Hall–Kier alpha value is -1.95. The summed E-state index contributed by atoms with van der Waals surface area (Å²) in [7, 11) is 1.80. The lowest BCUT2D eigenvalue weighted by Gasteiger charge is -2.14. The molecule has 23 heavy (non-hydrogen) atoms. The molecule has 0 bridgehead atoms. The third kappa shape index (κ3) is 5.63. The van der Waals surface area contributed by atoms with Crippen LogP contribution in [0.3, 0.4) is 0 Å². The summed E-state index contributed by atoms with van der Waals surface area (Å²) < 4.78 is 1.94. The fraction of sp³-hybridized carbons (Fsp3) is 0.412. The Labute approximate surface area is 142 Å². The van der Waals surface area contributed by atoms with Gasteiger partial charge < -0.3 is 10.6 Å². The van der Waals surface area contributed by atoms with E-state index in [9.17, 15) is 0 Å². The highest BCUT2D eigenvalue weighted by molar-refractivity contribution is 7.98. The highest BCUT2D eigenvalue weighted by Crippen LogP contribution is 2.21. The van der Waals surface area contributed by atoms with Gasteiger partial charge in [-0.15, -0.1) is 11.8 Å². The van der Waals surface area contributed by atoms with E-state index in [0.29, 0.717) is 0 Å². The second-order valence-electron chi connectivity index (χ2n) is 5.29. The van der Waals surface area contributed by atoms with Crippen LogP contribution in [0.2, 0.25) is 0 Å². The van der Waals surface area contributed by atoms with Gasteiger partial charge in [-0.3, -0.25) is 9.67 Å². The van der Waals surface area contributed by atoms with E-state index in [4.69, 9.17) is 0 Å². The summed E-state index contributed by atoms with van der Waals surface area (Å²) in [4.78, 5) is 5.59. The van der Waals surface area contributed by atoms with Crippen molar-refractivity contribution in [2.75, 3.05) is 19.8 Å². The molecular weight excluding hydrogens is 306 g/mol. The quantitative estimate of drug-likeness (QED) is 0.354. The molecule has 0 saturated carbocycles. The molecule has 0 spiro atoms. The molecule has 5 nitrogen and oxygen atoms in total. The van der Waals surface area contributed by atoms with E-state index in [2.05, 4.69) is 52.1 Å². The molecule has 0 aliphatic rings. The van der Waals surface area contributed by atoms with Crippen LogP contribution >= 0.6 is 11.8 Å². The normalized spacial score (nSPS) is 11.5. The molecule has 6 heteroatoms. The number of nitrogens with one attached hydrogen (secondary N) is 2. The number of guanidine groups is 1. The maximum atomic E-state index is 4.28. The van der Waals surface area contributed by atoms with Crippen LogP contribution < -0.4 is 10.6 Å². The molecule has 0 unspecified atom stereocenters. The maximum Gasteiger partial charge on any atom is 0.191 e. The van der Waals surface area contributed by atoms with Crippen molar-refractivity contribution >= 4 is 17.7 Å². The first-order valence-electron chi connectivity index (χ1n) is 7.78. The van der Waals surface area contributed by atoms with Gasteiger partial charge in [0.15, 0.2) is 5.96 Å². The van der Waals surface area contributed by atoms with Crippen molar-refractivity contribution in [1.82, 2.24) is 20.4 Å². The Balaban J connectivity index is 1.76. The number of rotatable bonds is 7. The number of nitrogens with zero attached hydrogens (tertiary/aromatic N) is 3. The molecule has 124 valence electrons.